The van der Waals surface area contributed by atoms with Gasteiger partial charge in [0, 0.05) is 29.1 Å². The molecule has 0 spiro atoms. The number of nitrogens with two attached hydrogens (primary N) is 1. The highest BCUT2D eigenvalue weighted by molar-refractivity contribution is 7.90. The summed E-state index contributed by atoms with van der Waals surface area (Å²) >= 11 is 6.58. The minimum atomic E-state index is -3.95. The zero-order chi connectivity index (χ0) is 24.0. The van der Waals surface area contributed by atoms with Crippen molar-refractivity contribution in [2.45, 2.75) is 37.4 Å². The van der Waals surface area contributed by atoms with Gasteiger partial charge in [-0.05, 0) is 36.8 Å². The number of primary amides is 1. The molecule has 33 heavy (non-hydrogen) atoms. The van der Waals surface area contributed by atoms with E-state index in [1.165, 1.54) is 16.1 Å². The molecule has 172 valence electrons. The standard InChI is InChI=1S/C23H24ClN3O4SSi/c1-33(2,3)23-14-20(26-31-23)18-13-21-15(12-19(18)24)11-16(9-10-22(25)28)27(21)32(29,30)17-7-5-4-6-8-17/h4-8,11-14H,9-10H2,1-3H3,(H2,25,28). The summed E-state index contributed by atoms with van der Waals surface area (Å²) in [4.78, 5) is 11.6. The highest BCUT2D eigenvalue weighted by atomic mass is 35.5. The molecule has 0 atom stereocenters. The predicted octanol–water partition coefficient (Wildman–Crippen LogP) is 4.15. The molecule has 0 saturated heterocycles. The van der Waals surface area contributed by atoms with E-state index in [2.05, 4.69) is 24.8 Å². The van der Waals surface area contributed by atoms with Gasteiger partial charge in [-0.25, -0.2) is 12.4 Å². The fourth-order valence-corrected chi connectivity index (χ4v) is 6.36. The first kappa shape index (κ1) is 23.3. The van der Waals surface area contributed by atoms with Crippen LogP contribution in [0, 0.1) is 0 Å². The zero-order valence-corrected chi connectivity index (χ0v) is 21.1. The van der Waals surface area contributed by atoms with Gasteiger partial charge < -0.3 is 10.3 Å². The van der Waals surface area contributed by atoms with E-state index in [0.29, 0.717) is 32.9 Å². The molecule has 0 radical (unpaired) electrons. The third kappa shape index (κ3) is 4.48. The van der Waals surface area contributed by atoms with Crippen molar-refractivity contribution in [2.24, 2.45) is 5.73 Å². The third-order valence-electron chi connectivity index (χ3n) is 5.35. The zero-order valence-electron chi connectivity index (χ0n) is 18.5. The SMILES string of the molecule is C[Si](C)(C)c1cc(-c2cc3c(cc2Cl)cc(CCC(N)=O)n3S(=O)(=O)c2ccccc2)no1. The minimum absolute atomic E-state index is 0.0179. The number of amides is 1. The fourth-order valence-electron chi connectivity index (χ4n) is 3.62. The van der Waals surface area contributed by atoms with Crippen molar-refractivity contribution >= 4 is 51.9 Å². The van der Waals surface area contributed by atoms with Crippen molar-refractivity contribution in [3.05, 3.63) is 65.3 Å². The Morgan fingerprint density at radius 1 is 1.12 bits per heavy atom. The molecule has 0 aliphatic rings. The molecule has 7 nitrogen and oxygen atoms in total. The first-order valence-electron chi connectivity index (χ1n) is 10.4. The Labute approximate surface area is 198 Å². The number of carbonyl (C=O) groups excluding carboxylic acids is 1. The molecule has 4 aromatic rings. The van der Waals surface area contributed by atoms with Crippen molar-refractivity contribution in [3.63, 3.8) is 0 Å². The summed E-state index contributed by atoms with van der Waals surface area (Å²) < 4.78 is 34.1. The molecule has 4 rings (SSSR count). The van der Waals surface area contributed by atoms with Gasteiger partial charge in [-0.15, -0.1) is 0 Å². The lowest BCUT2D eigenvalue weighted by Gasteiger charge is -2.12. The predicted molar refractivity (Wildman–Crippen MR) is 132 cm³/mol. The van der Waals surface area contributed by atoms with Crippen LogP contribution in [0.3, 0.4) is 0 Å². The summed E-state index contributed by atoms with van der Waals surface area (Å²) in [7, 11) is -5.68. The van der Waals surface area contributed by atoms with Crippen LogP contribution in [0.2, 0.25) is 24.7 Å². The topological polar surface area (TPSA) is 108 Å². The normalized spacial score (nSPS) is 12.4. The van der Waals surface area contributed by atoms with Gasteiger partial charge in [-0.1, -0.05) is 54.6 Å². The maximum Gasteiger partial charge on any atom is 0.268 e. The molecule has 0 bridgehead atoms. The average molecular weight is 502 g/mol. The molecule has 0 fully saturated rings. The molecular formula is C23H24ClN3O4SSi. The summed E-state index contributed by atoms with van der Waals surface area (Å²) in [5, 5.41) is 6.08. The number of carbonyl (C=O) groups is 1. The molecule has 2 aromatic heterocycles. The number of hydrogen-bond acceptors (Lipinski definition) is 5. The van der Waals surface area contributed by atoms with E-state index in [0.717, 1.165) is 5.38 Å². The second kappa shape index (κ2) is 8.47. The Bertz CT molecular complexity index is 1450. The van der Waals surface area contributed by atoms with Gasteiger partial charge >= 0.3 is 0 Å². The van der Waals surface area contributed by atoms with E-state index in [1.54, 1.807) is 36.4 Å². The Morgan fingerprint density at radius 2 is 1.82 bits per heavy atom. The third-order valence-corrected chi connectivity index (χ3v) is 9.16. The number of nitrogens with zero attached hydrogens (tertiary/aromatic N) is 2. The van der Waals surface area contributed by atoms with Crippen LogP contribution in [0.25, 0.3) is 22.2 Å². The fraction of sp³-hybridized carbons (Fsp3) is 0.217. The maximum absolute atomic E-state index is 13.6. The van der Waals surface area contributed by atoms with Crippen molar-refractivity contribution in [1.82, 2.24) is 9.13 Å². The molecule has 0 aliphatic heterocycles. The largest absolute Gasteiger partial charge is 0.370 e. The van der Waals surface area contributed by atoms with E-state index in [-0.39, 0.29) is 17.7 Å². The number of halogens is 1. The van der Waals surface area contributed by atoms with Gasteiger partial charge in [0.1, 0.15) is 19.2 Å². The van der Waals surface area contributed by atoms with Crippen LogP contribution in [0.1, 0.15) is 12.1 Å². The second-order valence-electron chi connectivity index (χ2n) is 8.90. The van der Waals surface area contributed by atoms with E-state index < -0.39 is 24.0 Å². The van der Waals surface area contributed by atoms with Crippen molar-refractivity contribution in [2.75, 3.05) is 0 Å². The molecule has 1 amide bonds. The number of fused-ring (bicyclic) bond motifs is 1. The van der Waals surface area contributed by atoms with Gasteiger partial charge in [0.2, 0.25) is 5.91 Å². The van der Waals surface area contributed by atoms with Crippen LogP contribution >= 0.6 is 11.6 Å². The van der Waals surface area contributed by atoms with Gasteiger partial charge in [0.25, 0.3) is 10.0 Å². The lowest BCUT2D eigenvalue weighted by Crippen LogP contribution is -2.36. The summed E-state index contributed by atoms with van der Waals surface area (Å²) in [5.74, 6) is -0.510. The van der Waals surface area contributed by atoms with Gasteiger partial charge in [-0.2, -0.15) is 0 Å². The van der Waals surface area contributed by atoms with E-state index >= 15 is 0 Å². The van der Waals surface area contributed by atoms with Gasteiger partial charge in [0.05, 0.1) is 15.4 Å². The molecule has 2 N–H and O–H groups in total. The highest BCUT2D eigenvalue weighted by Crippen LogP contribution is 2.35. The Morgan fingerprint density at radius 3 is 2.42 bits per heavy atom. The molecule has 10 heteroatoms. The van der Waals surface area contributed by atoms with Crippen LogP contribution in [-0.4, -0.2) is 31.5 Å². The Kier molecular flexibility index (Phi) is 5.98. The van der Waals surface area contributed by atoms with E-state index in [1.807, 2.05) is 6.07 Å². The first-order valence-corrected chi connectivity index (χ1v) is 15.7. The Balaban J connectivity index is 1.96. The maximum atomic E-state index is 13.6. The van der Waals surface area contributed by atoms with Crippen molar-refractivity contribution in [3.8, 4) is 11.3 Å². The molecule has 2 heterocycles. The average Bonchev–Trinajstić information content (AvgIpc) is 3.37. The van der Waals surface area contributed by atoms with Crippen LogP contribution < -0.4 is 11.1 Å². The molecule has 2 aromatic carbocycles. The lowest BCUT2D eigenvalue weighted by molar-refractivity contribution is -0.118. The number of benzene rings is 2. The summed E-state index contributed by atoms with van der Waals surface area (Å²) in [6.07, 6.45) is 0.191. The summed E-state index contributed by atoms with van der Waals surface area (Å²) in [5.41, 5.74) is 7.34. The first-order chi connectivity index (χ1) is 15.5. The van der Waals surface area contributed by atoms with E-state index in [4.69, 9.17) is 21.9 Å². The highest BCUT2D eigenvalue weighted by Gasteiger charge is 2.26. The number of aryl methyl sites for hydroxylation is 1. The van der Waals surface area contributed by atoms with Crippen LogP contribution in [0.5, 0.6) is 0 Å². The molecule has 0 unspecified atom stereocenters. The minimum Gasteiger partial charge on any atom is -0.370 e. The lowest BCUT2D eigenvalue weighted by atomic mass is 10.1. The molecule has 0 saturated carbocycles. The van der Waals surface area contributed by atoms with Crippen LogP contribution in [-0.2, 0) is 21.2 Å². The number of aromatic nitrogens is 2. The van der Waals surface area contributed by atoms with Crippen LogP contribution in [0.15, 0.2) is 64.0 Å². The van der Waals surface area contributed by atoms with Crippen molar-refractivity contribution in [1.29, 1.82) is 0 Å². The smallest absolute Gasteiger partial charge is 0.268 e. The number of rotatable bonds is 7. The van der Waals surface area contributed by atoms with Crippen molar-refractivity contribution < 1.29 is 17.7 Å². The second-order valence-corrected chi connectivity index (χ2v) is 16.1. The van der Waals surface area contributed by atoms with Gasteiger partial charge in [-0.3, -0.25) is 4.79 Å². The molecule has 0 aliphatic carbocycles. The summed E-state index contributed by atoms with van der Waals surface area (Å²) in [6, 6.07) is 15.2. The monoisotopic (exact) mass is 501 g/mol. The van der Waals surface area contributed by atoms with Gasteiger partial charge in [0.15, 0.2) is 0 Å². The molecular weight excluding hydrogens is 478 g/mol. The number of hydrogen-bond donors (Lipinski definition) is 1. The quantitative estimate of drug-likeness (QED) is 0.383. The van der Waals surface area contributed by atoms with Crippen LogP contribution in [0.4, 0.5) is 0 Å². The summed E-state index contributed by atoms with van der Waals surface area (Å²) in [6.45, 7) is 6.43. The van der Waals surface area contributed by atoms with E-state index in [9.17, 15) is 13.2 Å². The Hall–Kier alpha value is -2.88.